The van der Waals surface area contributed by atoms with E-state index in [0.717, 1.165) is 146 Å². The van der Waals surface area contributed by atoms with Crippen LogP contribution in [0.2, 0.25) is 0 Å². The molecule has 0 fully saturated rings. The van der Waals surface area contributed by atoms with Crippen molar-refractivity contribution in [1.82, 2.24) is 0 Å². The third kappa shape index (κ3) is 26.8. The molecule has 5 aliphatic heterocycles. The van der Waals surface area contributed by atoms with Gasteiger partial charge in [-0.3, -0.25) is 19.4 Å². The molecule has 5 N–H and O–H groups in total. The van der Waals surface area contributed by atoms with Crippen LogP contribution in [0.3, 0.4) is 0 Å². The number of halogens is 4. The summed E-state index contributed by atoms with van der Waals surface area (Å²) in [6, 6.07) is 70.0. The molecule has 0 radical (unpaired) electrons. The Bertz CT molecular complexity index is 5500. The number of benzene rings is 9. The predicted molar refractivity (Wildman–Crippen MR) is 505 cm³/mol. The number of para-hydroxylation sites is 3. The Kier molecular flexibility index (Phi) is 40.9. The number of nitrogens with one attached hydrogen (secondary N) is 2. The standard InChI is InChI=1S/C57H64N4O4.C21H23ClN3.C21H25NO2.C2H4O2.2CH4.ClH.2HI.Na/c1-56(2)49(59(36-18-8-12-26-51(62)63)47-32-28-40-20-14-16-24-45(40)53(47)56)34-30-42-38-61(5,6)39-43(55(42)58-44-22-10-7-11-23-44)31-35-50-57(3,4)54-46-25-17-15-21-41(46)29-33-48(54)60(50)37-19-9-13-27-52(64)65;1-25(2)15-17(13-23-19-9-5-3-6-10-19)21(22)18(16-25)14-24-20-11-7-4-8-12-20;1-15-21(2,3)20-17-10-7-6-9-16(17)12-13-18(20)22(15)14-8-4-5-11-19(23)24;1-2(3)4;;;;;;/h7,10-11,14-17,20-25,28-35H,8-9,12-13,18-19,26-27,36-39H2,1-6H3,(H-,62,63,64,65);3-14,23H,15-16H2,1-2H3;6-7,9-10,12-13H,4-5,8,11,14H2,1-3H3;1H3,(H,3,4);2*1H4;3*1H;/q;+1;;;;;;;;+1/b42-30+,49-34+;17-13+,24-14?;;;;;;;;. The molecule has 124 heavy (non-hydrogen) atoms. The molecule has 9 aromatic carbocycles. The van der Waals surface area contributed by atoms with E-state index in [4.69, 9.17) is 26.6 Å². The molecule has 14 rings (SSSR count). The summed E-state index contributed by atoms with van der Waals surface area (Å²) in [6.07, 6.45) is 21.6. The molecule has 0 amide bonds. The van der Waals surface area contributed by atoms with Crippen molar-refractivity contribution in [2.75, 3.05) is 89.5 Å². The van der Waals surface area contributed by atoms with Crippen LogP contribution in [0.25, 0.3) is 32.3 Å². The maximum absolute atomic E-state index is 11.3. The minimum absolute atomic E-state index is 0. The van der Waals surface area contributed by atoms with E-state index in [1.165, 1.54) is 94.3 Å². The Morgan fingerprint density at radius 2 is 0.935 bits per heavy atom. The fraction of sp³-hybridized carbons (Fsp3) is 0.350. The minimum atomic E-state index is -1.08. The van der Waals surface area contributed by atoms with Crippen LogP contribution in [0.15, 0.2) is 274 Å². The molecule has 5 aliphatic rings. The van der Waals surface area contributed by atoms with Crippen LogP contribution in [0.5, 0.6) is 0 Å². The van der Waals surface area contributed by atoms with E-state index < -0.39 is 23.9 Å². The number of anilines is 3. The molecular formula is C103H127Cl2I2N8NaO8+2. The number of carboxylic acids is 4. The number of allylic oxidation sites excluding steroid dienone is 4. The van der Waals surface area contributed by atoms with Crippen LogP contribution >= 0.6 is 24.0 Å². The monoisotopic (exact) mass is 1950 g/mol. The molecule has 0 aliphatic carbocycles. The van der Waals surface area contributed by atoms with Gasteiger partial charge in [0.15, 0.2) is 11.4 Å². The number of carbonyl (C=O) groups is 4. The van der Waals surface area contributed by atoms with Gasteiger partial charge in [0.1, 0.15) is 39.3 Å². The summed E-state index contributed by atoms with van der Waals surface area (Å²) in [4.78, 5) is 49.3. The number of hydrogen-bond acceptors (Lipinski definition) is 9. The average Bonchev–Trinajstić information content (AvgIpc) is 1.58. The number of unbranched alkanes of at least 4 members (excludes halogenated alkanes) is 6. The molecular weight excluding hydrogens is 1820 g/mol. The van der Waals surface area contributed by atoms with Crippen molar-refractivity contribution in [3.8, 4) is 0 Å². The van der Waals surface area contributed by atoms with Crippen molar-refractivity contribution in [3.63, 3.8) is 0 Å². The quantitative estimate of drug-likeness (QED) is 0.00820. The Hall–Kier alpha value is -8.55. The van der Waals surface area contributed by atoms with E-state index in [2.05, 4.69) is 270 Å². The van der Waals surface area contributed by atoms with Gasteiger partial charge in [-0.05, 0) is 184 Å². The van der Waals surface area contributed by atoms with Crippen molar-refractivity contribution in [2.45, 2.75) is 164 Å². The normalized spacial score (nSPS) is 16.8. The summed E-state index contributed by atoms with van der Waals surface area (Å²) in [5, 5.41) is 52.0. The zero-order valence-corrected chi connectivity index (χ0v) is 80.9. The molecule has 9 aromatic rings. The van der Waals surface area contributed by atoms with Gasteiger partial charge in [0, 0.05) is 144 Å². The Morgan fingerprint density at radius 3 is 1.45 bits per heavy atom. The molecule has 0 atom stereocenters. The smallest absolute Gasteiger partial charge is 1.00 e. The summed E-state index contributed by atoms with van der Waals surface area (Å²) in [5.74, 6) is -3.25. The third-order valence-corrected chi connectivity index (χ3v) is 23.8. The zero-order valence-electron chi connectivity index (χ0n) is 73.1. The van der Waals surface area contributed by atoms with Gasteiger partial charge >= 0.3 is 47.5 Å². The number of likely N-dealkylation sites (N-methyl/N-ethyl adjacent to an activating group) is 2. The predicted octanol–water partition coefficient (Wildman–Crippen LogP) is 13.6. The second-order valence-corrected chi connectivity index (χ2v) is 34.9. The number of quaternary nitrogens is 2. The SMILES string of the molecule is C.C.CC(=O)[O-].CC1(C)C(/C=C/C2=C(Nc3ccccc3)C(=C/C=C3/N(CCCCCC(=O)O)c4ccc5ccccc5c4C3(C)C)/C[N+](C)(C)C2)=[N+](CCCCCC(=O)O)c2ccc3ccccc3c21.CC1=[N+](CCCCCC(=O)O)c2ccc3ccccc3c2C1(C)C.C[N+]1(C)CC(C=Nc2ccccc2)=C(Cl)/C(=C/Nc2ccccc2)C1.Cl.[I-].[I-].[Na+]. The van der Waals surface area contributed by atoms with E-state index >= 15 is 0 Å². The summed E-state index contributed by atoms with van der Waals surface area (Å²) in [7, 11) is 9.04. The van der Waals surface area contributed by atoms with Gasteiger partial charge in [-0.2, -0.15) is 9.15 Å². The number of carboxylic acid groups (broad SMARTS) is 4. The van der Waals surface area contributed by atoms with E-state index in [-0.39, 0.29) is 140 Å². The summed E-state index contributed by atoms with van der Waals surface area (Å²) in [5.41, 5.74) is 20.0. The molecule has 0 unspecified atom stereocenters. The number of fused-ring (bicyclic) bond motifs is 9. The van der Waals surface area contributed by atoms with Crippen LogP contribution in [-0.2, 0) is 35.4 Å². The molecule has 0 aromatic heterocycles. The number of carbonyl (C=O) groups excluding carboxylic acids is 1. The minimum Gasteiger partial charge on any atom is -1.00 e. The number of aliphatic carboxylic acids is 4. The number of nitrogens with zero attached hydrogens (tertiary/aromatic N) is 6. The Morgan fingerprint density at radius 1 is 0.508 bits per heavy atom. The molecule has 0 saturated heterocycles. The maximum atomic E-state index is 11.3. The second-order valence-electron chi connectivity index (χ2n) is 34.5. The van der Waals surface area contributed by atoms with Crippen molar-refractivity contribution < 1.29 is 135 Å². The summed E-state index contributed by atoms with van der Waals surface area (Å²) >= 11 is 6.68. The van der Waals surface area contributed by atoms with Gasteiger partial charge in [0.05, 0.1) is 55.4 Å². The van der Waals surface area contributed by atoms with Crippen molar-refractivity contribution in [3.05, 3.63) is 286 Å². The summed E-state index contributed by atoms with van der Waals surface area (Å²) < 4.78 is 6.55. The molecule has 654 valence electrons. The van der Waals surface area contributed by atoms with E-state index in [1.807, 2.05) is 73.1 Å². The number of rotatable bonds is 27. The largest absolute Gasteiger partial charge is 1.00 e. The van der Waals surface area contributed by atoms with E-state index in [0.29, 0.717) is 12.8 Å². The van der Waals surface area contributed by atoms with Gasteiger partial charge in [-0.25, -0.2) is 0 Å². The molecule has 16 nitrogen and oxygen atoms in total. The van der Waals surface area contributed by atoms with Gasteiger partial charge in [-0.1, -0.05) is 180 Å². The topological polar surface area (TPSA) is 198 Å². The van der Waals surface area contributed by atoms with Gasteiger partial charge in [-0.15, -0.1) is 12.4 Å². The Labute approximate surface area is 804 Å². The first kappa shape index (κ1) is 106. The zero-order chi connectivity index (χ0) is 84.5. The van der Waals surface area contributed by atoms with Crippen LogP contribution in [0, 0.1) is 0 Å². The molecule has 0 spiro atoms. The molecule has 21 heteroatoms. The van der Waals surface area contributed by atoms with E-state index in [9.17, 15) is 24.6 Å². The Balaban J connectivity index is 0.000000379. The van der Waals surface area contributed by atoms with Gasteiger partial charge in [0.2, 0.25) is 11.4 Å². The summed E-state index contributed by atoms with van der Waals surface area (Å²) in [6.45, 7) is 23.2. The molecule has 0 saturated carbocycles. The fourth-order valence-electron chi connectivity index (χ4n) is 17.6. The number of hydrogen-bond donors (Lipinski definition) is 5. The van der Waals surface area contributed by atoms with Crippen molar-refractivity contribution in [2.24, 2.45) is 4.99 Å². The second kappa shape index (κ2) is 47.9. The van der Waals surface area contributed by atoms with Crippen LogP contribution in [0.4, 0.5) is 34.1 Å². The first-order valence-corrected chi connectivity index (χ1v) is 41.9. The van der Waals surface area contributed by atoms with Crippen molar-refractivity contribution >= 4 is 132 Å². The third-order valence-electron chi connectivity index (χ3n) is 23.3. The number of aliphatic imine (C=N–C) groups is 1. The van der Waals surface area contributed by atoms with Crippen LogP contribution in [-0.4, -0.2) is 149 Å². The molecule has 5 heterocycles. The first-order chi connectivity index (χ1) is 56.3. The van der Waals surface area contributed by atoms with E-state index in [1.54, 1.807) is 0 Å². The van der Waals surface area contributed by atoms with Gasteiger partial charge < -0.3 is 97.7 Å². The molecule has 0 bridgehead atoms. The van der Waals surface area contributed by atoms with Crippen LogP contribution < -0.4 is 98.2 Å². The van der Waals surface area contributed by atoms with Gasteiger partial charge in [0.25, 0.3) is 0 Å². The first-order valence-electron chi connectivity index (χ1n) is 41.6. The maximum Gasteiger partial charge on any atom is 1.00 e. The fourth-order valence-corrected chi connectivity index (χ4v) is 17.8. The van der Waals surface area contributed by atoms with Crippen molar-refractivity contribution in [1.29, 1.82) is 0 Å². The van der Waals surface area contributed by atoms with Crippen LogP contribution in [0.1, 0.15) is 164 Å². The average molecular weight is 1950 g/mol.